The molecule has 0 saturated heterocycles. The minimum atomic E-state index is -3.02. The highest BCUT2D eigenvalue weighted by Gasteiger charge is 2.06. The van der Waals surface area contributed by atoms with Crippen molar-refractivity contribution in [3.63, 3.8) is 0 Å². The Morgan fingerprint density at radius 2 is 1.60 bits per heavy atom. The number of Topliss-reactive ketones (excluding diaryl/α,β-unsaturated/α-hetero) is 1. The van der Waals surface area contributed by atoms with Crippen LogP contribution in [0.3, 0.4) is 0 Å². The first-order valence-corrected chi connectivity index (χ1v) is 13.4. The molecule has 1 heterocycles. The molecule has 0 unspecified atom stereocenters. The van der Waals surface area contributed by atoms with Crippen molar-refractivity contribution in [1.29, 1.82) is 0 Å². The number of aryl methyl sites for hydroxylation is 3. The Hall–Kier alpha value is -3.25. The van der Waals surface area contributed by atoms with Gasteiger partial charge < -0.3 is 9.53 Å². The zero-order chi connectivity index (χ0) is 26.4. The number of aromatic nitrogens is 1. The lowest BCUT2D eigenvalue weighted by atomic mass is 10.1. The molecule has 5 nitrogen and oxygen atoms in total. The van der Waals surface area contributed by atoms with Crippen molar-refractivity contribution in [2.45, 2.75) is 58.8 Å². The van der Waals surface area contributed by atoms with Crippen LogP contribution in [0.1, 0.15) is 55.5 Å². The lowest BCUT2D eigenvalue weighted by molar-refractivity contribution is -0.117. The summed E-state index contributed by atoms with van der Waals surface area (Å²) in [5, 5.41) is 0. The van der Waals surface area contributed by atoms with Gasteiger partial charge in [0, 0.05) is 24.4 Å². The van der Waals surface area contributed by atoms with E-state index in [1.54, 1.807) is 37.4 Å². The summed E-state index contributed by atoms with van der Waals surface area (Å²) in [4.78, 5) is 14.8. The van der Waals surface area contributed by atoms with Gasteiger partial charge in [0.15, 0.2) is 9.84 Å². The fraction of sp³-hybridized carbons (Fsp3) is 0.310. The van der Waals surface area contributed by atoms with Crippen molar-refractivity contribution in [2.24, 2.45) is 0 Å². The number of ether oxygens (including phenoxy) is 1. The molecule has 0 aliphatic rings. The number of nitrogens with zero attached hydrogens (tertiary/aromatic N) is 1. The van der Waals surface area contributed by atoms with E-state index < -0.39 is 9.84 Å². The topological polar surface area (TPSA) is 73.3 Å². The van der Waals surface area contributed by atoms with Crippen molar-refractivity contribution in [3.8, 4) is 5.75 Å². The molecule has 1 aromatic heterocycles. The van der Waals surface area contributed by atoms with E-state index in [0.29, 0.717) is 16.4 Å². The standard InChI is InChI=1S/C15H15NO.C8H10O2S.C6H12O/c1-11-7-4-5-8-14(11)13(3)17-15-9-6-10-16-12(15)2;1-7-3-5-8(6-4-7)11(2,9)10;1-3-4-5-6(2)7/h4-10H,3H2,1-2H3;3-6H,1-2H3;3-5H2,1-2H3. The van der Waals surface area contributed by atoms with E-state index in [1.807, 2.05) is 57.2 Å². The van der Waals surface area contributed by atoms with E-state index >= 15 is 0 Å². The highest BCUT2D eigenvalue weighted by Crippen LogP contribution is 2.23. The van der Waals surface area contributed by atoms with Gasteiger partial charge >= 0.3 is 0 Å². The number of ketones is 1. The van der Waals surface area contributed by atoms with Gasteiger partial charge in [-0.05, 0) is 63.9 Å². The van der Waals surface area contributed by atoms with E-state index in [-0.39, 0.29) is 0 Å². The third-order valence-electron chi connectivity index (χ3n) is 4.97. The number of sulfone groups is 1. The quantitative estimate of drug-likeness (QED) is 0.333. The average Bonchev–Trinajstić information content (AvgIpc) is 2.80. The number of unbranched alkanes of at least 4 members (excludes halogenated alkanes) is 1. The van der Waals surface area contributed by atoms with Crippen molar-refractivity contribution in [3.05, 3.63) is 95.8 Å². The third kappa shape index (κ3) is 11.6. The SMILES string of the molecule is C=C(Oc1cccnc1C)c1ccccc1C.CCCCC(C)=O.Cc1ccc(S(C)(=O)=O)cc1. The van der Waals surface area contributed by atoms with Gasteiger partial charge in [-0.15, -0.1) is 0 Å². The molecule has 35 heavy (non-hydrogen) atoms. The third-order valence-corrected chi connectivity index (χ3v) is 6.10. The van der Waals surface area contributed by atoms with E-state index in [9.17, 15) is 13.2 Å². The molecule has 3 aromatic rings. The molecule has 0 saturated carbocycles. The van der Waals surface area contributed by atoms with Crippen LogP contribution in [0.4, 0.5) is 0 Å². The van der Waals surface area contributed by atoms with Gasteiger partial charge in [0.2, 0.25) is 0 Å². The van der Waals surface area contributed by atoms with Crippen LogP contribution in [0.15, 0.2) is 78.3 Å². The first-order chi connectivity index (χ1) is 16.5. The molecule has 188 valence electrons. The molecule has 0 bridgehead atoms. The van der Waals surface area contributed by atoms with Crippen LogP contribution >= 0.6 is 0 Å². The number of hydrogen-bond donors (Lipinski definition) is 0. The second-order valence-corrected chi connectivity index (χ2v) is 10.3. The zero-order valence-electron chi connectivity index (χ0n) is 21.7. The van der Waals surface area contributed by atoms with Crippen LogP contribution in [-0.2, 0) is 14.6 Å². The largest absolute Gasteiger partial charge is 0.455 e. The van der Waals surface area contributed by atoms with Crippen LogP contribution in [0.25, 0.3) is 5.76 Å². The molecule has 6 heteroatoms. The molecule has 0 N–H and O–H groups in total. The van der Waals surface area contributed by atoms with E-state index in [4.69, 9.17) is 4.74 Å². The van der Waals surface area contributed by atoms with E-state index in [2.05, 4.69) is 18.5 Å². The summed E-state index contributed by atoms with van der Waals surface area (Å²) >= 11 is 0. The molecule has 0 aliphatic carbocycles. The Morgan fingerprint density at radius 3 is 2.09 bits per heavy atom. The molecule has 0 atom stereocenters. The van der Waals surface area contributed by atoms with E-state index in [0.717, 1.165) is 47.4 Å². The van der Waals surface area contributed by atoms with Gasteiger partial charge in [0.1, 0.15) is 17.3 Å². The normalized spacial score (nSPS) is 10.2. The summed E-state index contributed by atoms with van der Waals surface area (Å²) in [6.45, 7) is 13.6. The van der Waals surface area contributed by atoms with Gasteiger partial charge in [-0.25, -0.2) is 8.42 Å². The predicted molar refractivity (Wildman–Crippen MR) is 144 cm³/mol. The van der Waals surface area contributed by atoms with Gasteiger partial charge in [0.05, 0.1) is 10.6 Å². The van der Waals surface area contributed by atoms with Crippen molar-refractivity contribution >= 4 is 21.4 Å². The lowest BCUT2D eigenvalue weighted by Crippen LogP contribution is -1.97. The van der Waals surface area contributed by atoms with Gasteiger partial charge in [-0.1, -0.05) is 61.9 Å². The van der Waals surface area contributed by atoms with Crippen LogP contribution < -0.4 is 4.74 Å². The Morgan fingerprint density at radius 1 is 0.971 bits per heavy atom. The zero-order valence-corrected chi connectivity index (χ0v) is 22.5. The van der Waals surface area contributed by atoms with Gasteiger partial charge in [-0.3, -0.25) is 4.98 Å². The van der Waals surface area contributed by atoms with Crippen LogP contribution in [-0.4, -0.2) is 25.4 Å². The Bertz CT molecular complexity index is 1200. The Balaban J connectivity index is 0.000000293. The van der Waals surface area contributed by atoms with Crippen molar-refractivity contribution in [1.82, 2.24) is 4.98 Å². The minimum Gasteiger partial charge on any atom is -0.455 e. The molecule has 0 spiro atoms. The number of benzene rings is 2. The molecule has 0 aliphatic heterocycles. The highest BCUT2D eigenvalue weighted by molar-refractivity contribution is 7.90. The molecule has 3 rings (SSSR count). The predicted octanol–water partition coefficient (Wildman–Crippen LogP) is 6.91. The molecular formula is C29H37NO4S. The maximum absolute atomic E-state index is 10.9. The maximum Gasteiger partial charge on any atom is 0.175 e. The number of pyridine rings is 1. The average molecular weight is 496 g/mol. The monoisotopic (exact) mass is 495 g/mol. The molecule has 0 fully saturated rings. The molecule has 0 amide bonds. The summed E-state index contributed by atoms with van der Waals surface area (Å²) in [5.74, 6) is 1.71. The first kappa shape index (κ1) is 29.8. The number of hydrogen-bond acceptors (Lipinski definition) is 5. The lowest BCUT2D eigenvalue weighted by Gasteiger charge is -2.12. The van der Waals surface area contributed by atoms with Crippen LogP contribution in [0, 0.1) is 20.8 Å². The second-order valence-electron chi connectivity index (χ2n) is 8.32. The Kier molecular flexibility index (Phi) is 12.7. The molecular weight excluding hydrogens is 458 g/mol. The van der Waals surface area contributed by atoms with Gasteiger partial charge in [-0.2, -0.15) is 0 Å². The van der Waals surface area contributed by atoms with E-state index in [1.165, 1.54) is 6.26 Å². The summed E-state index contributed by atoms with van der Waals surface area (Å²) in [5.41, 5.74) is 4.11. The van der Waals surface area contributed by atoms with Crippen LogP contribution in [0.2, 0.25) is 0 Å². The first-order valence-electron chi connectivity index (χ1n) is 11.6. The fourth-order valence-corrected chi connectivity index (χ4v) is 3.49. The van der Waals surface area contributed by atoms with Crippen molar-refractivity contribution in [2.75, 3.05) is 6.26 Å². The number of rotatable bonds is 7. The molecule has 0 radical (unpaired) electrons. The summed E-state index contributed by atoms with van der Waals surface area (Å²) < 4.78 is 27.6. The second kappa shape index (κ2) is 14.9. The fourth-order valence-electron chi connectivity index (χ4n) is 2.86. The maximum atomic E-state index is 10.9. The van der Waals surface area contributed by atoms with Gasteiger partial charge in [0.25, 0.3) is 0 Å². The number of carbonyl (C=O) groups excluding carboxylic acids is 1. The summed E-state index contributed by atoms with van der Waals surface area (Å²) in [6, 6.07) is 18.6. The molecule has 2 aromatic carbocycles. The van der Waals surface area contributed by atoms with Crippen molar-refractivity contribution < 1.29 is 17.9 Å². The summed E-state index contributed by atoms with van der Waals surface area (Å²) in [6.07, 6.45) is 5.89. The number of carbonyl (C=O) groups is 1. The highest BCUT2D eigenvalue weighted by atomic mass is 32.2. The van der Waals surface area contributed by atoms with Crippen LogP contribution in [0.5, 0.6) is 5.75 Å². The minimum absolute atomic E-state index is 0.307. The Labute approximate surface area is 210 Å². The smallest absolute Gasteiger partial charge is 0.175 e. The summed E-state index contributed by atoms with van der Waals surface area (Å²) in [7, 11) is -3.02.